The topological polar surface area (TPSA) is 197 Å². The highest BCUT2D eigenvalue weighted by atomic mass is 16.5. The van der Waals surface area contributed by atoms with Gasteiger partial charge in [-0.15, -0.1) is 0 Å². The summed E-state index contributed by atoms with van der Waals surface area (Å²) in [6, 6.07) is 22.0. The molecule has 3 rings (SSSR count). The van der Waals surface area contributed by atoms with E-state index in [1.807, 2.05) is 44.2 Å². The van der Waals surface area contributed by atoms with Crippen LogP contribution in [0.25, 0.3) is 0 Å². The first kappa shape index (κ1) is 37.9. The van der Waals surface area contributed by atoms with Crippen molar-refractivity contribution in [2.45, 2.75) is 57.8 Å². The van der Waals surface area contributed by atoms with Crippen LogP contribution >= 0.6 is 0 Å². The number of imide groups is 1. The Hall–Kier alpha value is -5.56. The van der Waals surface area contributed by atoms with Crippen LogP contribution in [0.15, 0.2) is 84.9 Å². The molecule has 49 heavy (non-hydrogen) atoms. The maximum Gasteiger partial charge on any atom is 0.326 e. The molecule has 5 amide bonds. The molecule has 0 spiro atoms. The number of carboxylic acid groups (broad SMARTS) is 1. The van der Waals surface area contributed by atoms with E-state index in [4.69, 9.17) is 10.5 Å². The second kappa shape index (κ2) is 19.3. The molecule has 0 saturated heterocycles. The van der Waals surface area contributed by atoms with E-state index < -0.39 is 60.8 Å². The zero-order valence-electron chi connectivity index (χ0n) is 27.5. The van der Waals surface area contributed by atoms with E-state index in [0.29, 0.717) is 28.4 Å². The fraction of sp³-hybridized carbons (Fsp3) is 0.333. The summed E-state index contributed by atoms with van der Waals surface area (Å²) in [5, 5.41) is 16.9. The first-order chi connectivity index (χ1) is 23.4. The summed E-state index contributed by atoms with van der Waals surface area (Å²) in [5.41, 5.74) is 8.52. The largest absolute Gasteiger partial charge is 0.489 e. The zero-order valence-corrected chi connectivity index (χ0v) is 27.5. The minimum Gasteiger partial charge on any atom is -0.489 e. The van der Waals surface area contributed by atoms with Gasteiger partial charge in [0.25, 0.3) is 0 Å². The van der Waals surface area contributed by atoms with Gasteiger partial charge in [-0.3, -0.25) is 28.9 Å². The van der Waals surface area contributed by atoms with Gasteiger partial charge in [0.2, 0.25) is 30.0 Å². The van der Waals surface area contributed by atoms with Gasteiger partial charge < -0.3 is 31.5 Å². The summed E-state index contributed by atoms with van der Waals surface area (Å²) in [7, 11) is 0. The molecule has 0 fully saturated rings. The molecule has 0 aliphatic heterocycles. The van der Waals surface area contributed by atoms with Gasteiger partial charge in [0.05, 0.1) is 12.6 Å². The smallest absolute Gasteiger partial charge is 0.326 e. The quantitative estimate of drug-likeness (QED) is 0.117. The predicted molar refractivity (Wildman–Crippen MR) is 181 cm³/mol. The maximum atomic E-state index is 13.1. The molecule has 3 atom stereocenters. The molecular weight excluding hydrogens is 630 g/mol. The Kier molecular flexibility index (Phi) is 14.9. The van der Waals surface area contributed by atoms with Crippen molar-refractivity contribution in [1.29, 1.82) is 0 Å². The van der Waals surface area contributed by atoms with Gasteiger partial charge in [-0.05, 0) is 47.6 Å². The number of aliphatic carboxylic acids is 1. The van der Waals surface area contributed by atoms with Gasteiger partial charge in [-0.25, -0.2) is 4.79 Å². The number of hydrogen-bond acceptors (Lipinski definition) is 8. The molecule has 13 nitrogen and oxygen atoms in total. The number of nitrogens with zero attached hydrogens (tertiary/aromatic N) is 1. The third-order valence-electron chi connectivity index (χ3n) is 7.37. The monoisotopic (exact) mass is 673 g/mol. The van der Waals surface area contributed by atoms with Gasteiger partial charge in [0, 0.05) is 6.42 Å². The molecule has 0 unspecified atom stereocenters. The lowest BCUT2D eigenvalue weighted by Crippen LogP contribution is -2.54. The van der Waals surface area contributed by atoms with Crippen LogP contribution in [0.3, 0.4) is 0 Å². The van der Waals surface area contributed by atoms with Crippen molar-refractivity contribution in [3.63, 3.8) is 0 Å². The van der Waals surface area contributed by atoms with E-state index in [2.05, 4.69) is 16.0 Å². The molecule has 0 saturated carbocycles. The number of hydrogen-bond donors (Lipinski definition) is 5. The fourth-order valence-electron chi connectivity index (χ4n) is 4.84. The van der Waals surface area contributed by atoms with Crippen molar-refractivity contribution in [1.82, 2.24) is 20.9 Å². The van der Waals surface area contributed by atoms with Crippen molar-refractivity contribution < 1.29 is 38.6 Å². The third-order valence-corrected chi connectivity index (χ3v) is 7.37. The molecule has 0 aliphatic rings. The number of benzene rings is 3. The molecule has 3 aromatic rings. The summed E-state index contributed by atoms with van der Waals surface area (Å²) >= 11 is 0. The predicted octanol–water partition coefficient (Wildman–Crippen LogP) is 1.58. The molecule has 3 aromatic carbocycles. The van der Waals surface area contributed by atoms with Crippen LogP contribution in [0.1, 0.15) is 37.0 Å². The Bertz CT molecular complexity index is 1550. The number of carbonyl (C=O) groups excluding carboxylic acids is 5. The molecule has 0 radical (unpaired) electrons. The second-order valence-corrected chi connectivity index (χ2v) is 11.9. The van der Waals surface area contributed by atoms with Gasteiger partial charge in [-0.1, -0.05) is 86.6 Å². The van der Waals surface area contributed by atoms with Crippen LogP contribution in [-0.2, 0) is 48.2 Å². The Morgan fingerprint density at radius 3 is 1.96 bits per heavy atom. The lowest BCUT2D eigenvalue weighted by atomic mass is 10.0. The van der Waals surface area contributed by atoms with Crippen molar-refractivity contribution in [3.8, 4) is 5.75 Å². The standard InChI is InChI=1S/C36H43N5O8/c1-24(2)17-31(36(47)48)40-34(45)30(19-25-9-5-3-6-10-25)39-32(43)20-38-33(44)21-41(23-42)35(46)29(37)18-26-13-15-28(16-14-26)49-22-27-11-7-4-8-12-27/h3-16,23-24,29-31H,17-22,37H2,1-2H3,(H,38,44)(H,39,43)(H,40,45)(H,47,48)/t29-,30-,31-/m0/s1. The Labute approximate surface area is 285 Å². The van der Waals surface area contributed by atoms with Crippen LogP contribution in [0.5, 0.6) is 5.75 Å². The summed E-state index contributed by atoms with van der Waals surface area (Å²) < 4.78 is 5.77. The Morgan fingerprint density at radius 1 is 0.796 bits per heavy atom. The average Bonchev–Trinajstić information content (AvgIpc) is 3.09. The average molecular weight is 674 g/mol. The number of rotatable bonds is 19. The van der Waals surface area contributed by atoms with Crippen LogP contribution in [0, 0.1) is 5.92 Å². The molecule has 0 aromatic heterocycles. The maximum absolute atomic E-state index is 13.1. The van der Waals surface area contributed by atoms with Crippen LogP contribution in [0.2, 0.25) is 0 Å². The number of carboxylic acids is 1. The number of nitrogens with one attached hydrogen (secondary N) is 3. The van der Waals surface area contributed by atoms with Crippen LogP contribution in [-0.4, -0.2) is 77.2 Å². The summed E-state index contributed by atoms with van der Waals surface area (Å²) in [6.45, 7) is 2.79. The molecule has 260 valence electrons. The van der Waals surface area contributed by atoms with E-state index in [1.54, 1.807) is 54.6 Å². The van der Waals surface area contributed by atoms with Gasteiger partial charge >= 0.3 is 5.97 Å². The summed E-state index contributed by atoms with van der Waals surface area (Å²) in [5.74, 6) is -3.61. The van der Waals surface area contributed by atoms with Gasteiger partial charge in [-0.2, -0.15) is 0 Å². The van der Waals surface area contributed by atoms with E-state index in [0.717, 1.165) is 5.56 Å². The minimum absolute atomic E-state index is 0.0110. The number of amides is 5. The van der Waals surface area contributed by atoms with Gasteiger partial charge in [0.15, 0.2) is 0 Å². The molecular formula is C36H43N5O8. The Morgan fingerprint density at radius 2 is 1.39 bits per heavy atom. The molecule has 6 N–H and O–H groups in total. The van der Waals surface area contributed by atoms with Crippen molar-refractivity contribution in [2.24, 2.45) is 11.7 Å². The highest BCUT2D eigenvalue weighted by Crippen LogP contribution is 2.16. The van der Waals surface area contributed by atoms with Crippen molar-refractivity contribution in [3.05, 3.63) is 102 Å². The number of carbonyl (C=O) groups is 6. The number of nitrogens with two attached hydrogens (primary N) is 1. The van der Waals surface area contributed by atoms with E-state index in [1.165, 1.54) is 0 Å². The van der Waals surface area contributed by atoms with Crippen LogP contribution < -0.4 is 26.4 Å². The second-order valence-electron chi connectivity index (χ2n) is 11.9. The van der Waals surface area contributed by atoms with Crippen LogP contribution in [0.4, 0.5) is 0 Å². The normalized spacial score (nSPS) is 12.6. The van der Waals surface area contributed by atoms with E-state index in [9.17, 15) is 33.9 Å². The van der Waals surface area contributed by atoms with E-state index >= 15 is 0 Å². The lowest BCUT2D eigenvalue weighted by Gasteiger charge is -2.23. The summed E-state index contributed by atoms with van der Waals surface area (Å²) in [4.78, 5) is 75.4. The number of ether oxygens (including phenoxy) is 1. The fourth-order valence-corrected chi connectivity index (χ4v) is 4.84. The SMILES string of the molecule is CC(C)C[C@H](NC(=O)[C@H](Cc1ccccc1)NC(=O)CNC(=O)CN(C=O)C(=O)[C@@H](N)Cc1ccc(OCc2ccccc2)cc1)C(=O)O. The zero-order chi connectivity index (χ0) is 35.8. The highest BCUT2D eigenvalue weighted by Gasteiger charge is 2.28. The summed E-state index contributed by atoms with van der Waals surface area (Å²) in [6.07, 6.45) is 0.542. The van der Waals surface area contributed by atoms with Crippen molar-refractivity contribution >= 4 is 36.0 Å². The third kappa shape index (κ3) is 13.2. The molecule has 13 heteroatoms. The lowest BCUT2D eigenvalue weighted by molar-refractivity contribution is -0.143. The van der Waals surface area contributed by atoms with Crippen molar-refractivity contribution in [2.75, 3.05) is 13.1 Å². The van der Waals surface area contributed by atoms with Gasteiger partial charge in [0.1, 0.15) is 31.0 Å². The first-order valence-corrected chi connectivity index (χ1v) is 15.8. The molecule has 0 aliphatic carbocycles. The highest BCUT2D eigenvalue weighted by molar-refractivity contribution is 5.96. The molecule has 0 heterocycles. The minimum atomic E-state index is -1.20. The Balaban J connectivity index is 1.51. The first-order valence-electron chi connectivity index (χ1n) is 15.8. The van der Waals surface area contributed by atoms with E-state index in [-0.39, 0.29) is 31.6 Å². The molecule has 0 bridgehead atoms.